The second-order valence-corrected chi connectivity index (χ2v) is 9.53. The molecule has 1 unspecified atom stereocenters. The lowest BCUT2D eigenvalue weighted by Gasteiger charge is -2.11. The van der Waals surface area contributed by atoms with Crippen LogP contribution < -0.4 is 10.5 Å². The van der Waals surface area contributed by atoms with Crippen LogP contribution in [0.4, 0.5) is 0 Å². The van der Waals surface area contributed by atoms with E-state index >= 15 is 0 Å². The van der Waals surface area contributed by atoms with Crippen molar-refractivity contribution in [2.75, 3.05) is 6.61 Å². The van der Waals surface area contributed by atoms with Gasteiger partial charge in [0.25, 0.3) is 5.91 Å². The highest BCUT2D eigenvalue weighted by atomic mass is 31.0. The number of nitriles is 1. The number of carbonyl (C=O) groups is 1. The van der Waals surface area contributed by atoms with Crippen LogP contribution in [0.5, 0.6) is 5.75 Å². The Kier molecular flexibility index (Phi) is 6.82. The number of benzene rings is 2. The quantitative estimate of drug-likeness (QED) is 0.318. The van der Waals surface area contributed by atoms with Crippen molar-refractivity contribution < 1.29 is 9.53 Å². The van der Waals surface area contributed by atoms with Gasteiger partial charge in [-0.05, 0) is 60.8 Å². The Morgan fingerprint density at radius 3 is 2.32 bits per heavy atom. The Hall–Kier alpha value is -3.48. The largest absolute Gasteiger partial charge is 0.494 e. The van der Waals surface area contributed by atoms with E-state index in [1.54, 1.807) is 0 Å². The van der Waals surface area contributed by atoms with Gasteiger partial charge in [0.05, 0.1) is 28.7 Å². The zero-order valence-electron chi connectivity index (χ0n) is 20.2. The molecule has 34 heavy (non-hydrogen) atoms. The standard InChI is InChI=1S/C28H30N3O2P/c1-5-20-24(6-2)34-27(28(30)32)25(20)17-9-11-18(12-10-17)26-22(16-29)21-14-13-19(33-8-4)15-23(21)31(26)7-3/h9-15,34H,5-8H2,1-4H3,(H2,30,32). The van der Waals surface area contributed by atoms with Gasteiger partial charge in [-0.2, -0.15) is 5.26 Å². The summed E-state index contributed by atoms with van der Waals surface area (Å²) >= 11 is 0. The first kappa shape index (κ1) is 23.7. The van der Waals surface area contributed by atoms with Gasteiger partial charge in [0, 0.05) is 23.6 Å². The van der Waals surface area contributed by atoms with Crippen LogP contribution in [0, 0.1) is 11.3 Å². The summed E-state index contributed by atoms with van der Waals surface area (Å²) < 4.78 is 7.87. The van der Waals surface area contributed by atoms with Gasteiger partial charge in [0.15, 0.2) is 0 Å². The molecule has 2 N–H and O–H groups in total. The van der Waals surface area contributed by atoms with Crippen LogP contribution in [-0.4, -0.2) is 17.1 Å². The third-order valence-electron chi connectivity index (χ3n) is 6.37. The SMILES string of the molecule is CCOc1ccc2c(C#N)c(-c3ccc(-c4c(C(N)=O)[pH]c(CC)c4CC)cc3)n(CC)c2c1. The number of primary amides is 1. The van der Waals surface area contributed by atoms with Crippen LogP contribution in [0.1, 0.15) is 54.2 Å². The number of aryl methyl sites for hydroxylation is 2. The van der Waals surface area contributed by atoms with Gasteiger partial charge in [0.2, 0.25) is 0 Å². The summed E-state index contributed by atoms with van der Waals surface area (Å²) in [6, 6.07) is 16.5. The molecule has 0 aliphatic heterocycles. The molecule has 2 aromatic heterocycles. The average Bonchev–Trinajstić information content (AvgIpc) is 3.39. The van der Waals surface area contributed by atoms with Gasteiger partial charge < -0.3 is 15.0 Å². The minimum Gasteiger partial charge on any atom is -0.494 e. The smallest absolute Gasteiger partial charge is 0.253 e. The number of rotatable bonds is 8. The average molecular weight is 472 g/mol. The van der Waals surface area contributed by atoms with Crippen molar-refractivity contribution >= 4 is 25.0 Å². The Morgan fingerprint density at radius 2 is 1.76 bits per heavy atom. The molecular formula is C28H30N3O2P. The summed E-state index contributed by atoms with van der Waals surface area (Å²) in [5.74, 6) is 0.460. The van der Waals surface area contributed by atoms with Gasteiger partial charge in [0.1, 0.15) is 11.8 Å². The Balaban J connectivity index is 1.88. The molecule has 0 fully saturated rings. The first-order valence-corrected chi connectivity index (χ1v) is 12.8. The van der Waals surface area contributed by atoms with Crippen molar-refractivity contribution in [3.8, 4) is 34.2 Å². The molecule has 0 saturated heterocycles. The summed E-state index contributed by atoms with van der Waals surface area (Å²) in [6.45, 7) is 9.62. The molecule has 2 aromatic carbocycles. The maximum atomic E-state index is 12.2. The number of fused-ring (bicyclic) bond motifs is 1. The molecule has 2 heterocycles. The lowest BCUT2D eigenvalue weighted by atomic mass is 9.95. The molecule has 5 nitrogen and oxygen atoms in total. The molecule has 1 atom stereocenters. The number of nitrogens with two attached hydrogens (primary N) is 1. The van der Waals surface area contributed by atoms with E-state index < -0.39 is 0 Å². The second kappa shape index (κ2) is 9.79. The molecular weight excluding hydrogens is 441 g/mol. The predicted molar refractivity (Wildman–Crippen MR) is 141 cm³/mol. The Morgan fingerprint density at radius 1 is 1.06 bits per heavy atom. The second-order valence-electron chi connectivity index (χ2n) is 8.17. The fourth-order valence-electron chi connectivity index (χ4n) is 4.91. The number of nitrogens with zero attached hydrogens (tertiary/aromatic N) is 2. The molecule has 0 spiro atoms. The molecule has 6 heteroatoms. The summed E-state index contributed by atoms with van der Waals surface area (Å²) in [4.78, 5) is 12.2. The predicted octanol–water partition coefficient (Wildman–Crippen LogP) is 6.52. The van der Waals surface area contributed by atoms with Crippen LogP contribution >= 0.6 is 8.19 Å². The van der Waals surface area contributed by atoms with Gasteiger partial charge in [-0.3, -0.25) is 4.79 Å². The molecule has 1 amide bonds. The topological polar surface area (TPSA) is 81.0 Å². The highest BCUT2D eigenvalue weighted by Gasteiger charge is 2.21. The minimum atomic E-state index is -0.338. The fraction of sp³-hybridized carbons (Fsp3) is 0.286. The van der Waals surface area contributed by atoms with E-state index in [1.807, 2.05) is 37.3 Å². The molecule has 4 aromatic rings. The maximum Gasteiger partial charge on any atom is 0.253 e. The lowest BCUT2D eigenvalue weighted by molar-refractivity contribution is 0.100. The summed E-state index contributed by atoms with van der Waals surface area (Å²) in [5, 5.41) is 13.0. The van der Waals surface area contributed by atoms with E-state index in [1.165, 1.54) is 10.9 Å². The third-order valence-corrected chi connectivity index (χ3v) is 8.07. The van der Waals surface area contributed by atoms with E-state index in [-0.39, 0.29) is 5.91 Å². The van der Waals surface area contributed by atoms with Crippen molar-refractivity contribution in [3.63, 3.8) is 0 Å². The van der Waals surface area contributed by atoms with E-state index in [9.17, 15) is 10.1 Å². The van der Waals surface area contributed by atoms with E-state index in [0.29, 0.717) is 20.4 Å². The number of amides is 1. The monoisotopic (exact) mass is 471 g/mol. The van der Waals surface area contributed by atoms with E-state index in [0.717, 1.165) is 63.7 Å². The molecule has 4 rings (SSSR count). The van der Waals surface area contributed by atoms with E-state index in [2.05, 4.69) is 43.5 Å². The van der Waals surface area contributed by atoms with Gasteiger partial charge in [-0.25, -0.2) is 0 Å². The van der Waals surface area contributed by atoms with Crippen molar-refractivity contribution in [1.82, 2.24) is 4.57 Å². The van der Waals surface area contributed by atoms with Crippen LogP contribution in [0.2, 0.25) is 0 Å². The van der Waals surface area contributed by atoms with E-state index in [4.69, 9.17) is 10.5 Å². The maximum absolute atomic E-state index is 12.2. The molecule has 174 valence electrons. The summed E-state index contributed by atoms with van der Waals surface area (Å²) in [6.07, 6.45) is 1.79. The van der Waals surface area contributed by atoms with Crippen LogP contribution in [0.3, 0.4) is 0 Å². The third kappa shape index (κ3) is 3.89. The number of hydrogen-bond acceptors (Lipinski definition) is 3. The Labute approximate surface area is 202 Å². The molecule has 0 aliphatic carbocycles. The van der Waals surface area contributed by atoms with Crippen LogP contribution in [-0.2, 0) is 19.4 Å². The highest BCUT2D eigenvalue weighted by molar-refractivity contribution is 7.34. The van der Waals surface area contributed by atoms with Crippen LogP contribution in [0.15, 0.2) is 42.5 Å². The molecule has 0 radical (unpaired) electrons. The fourth-order valence-corrected chi connectivity index (χ4v) is 6.38. The number of aromatic nitrogens is 1. The lowest BCUT2D eigenvalue weighted by Crippen LogP contribution is -2.10. The molecule has 0 saturated carbocycles. The first-order valence-electron chi connectivity index (χ1n) is 11.8. The number of hydrogen-bond donors (Lipinski definition) is 1. The summed E-state index contributed by atoms with van der Waals surface area (Å²) in [7, 11) is 0.347. The Bertz CT molecular complexity index is 1400. The highest BCUT2D eigenvalue weighted by Crippen LogP contribution is 2.42. The first-order chi connectivity index (χ1) is 16.5. The summed E-state index contributed by atoms with van der Waals surface area (Å²) in [5.41, 5.74) is 12.5. The van der Waals surface area contributed by atoms with Gasteiger partial charge in [-0.15, -0.1) is 8.19 Å². The zero-order valence-corrected chi connectivity index (χ0v) is 21.2. The minimum absolute atomic E-state index is 0.338. The molecule has 0 bridgehead atoms. The number of ether oxygens (including phenoxy) is 1. The van der Waals surface area contributed by atoms with Crippen molar-refractivity contribution in [1.29, 1.82) is 5.26 Å². The van der Waals surface area contributed by atoms with Crippen molar-refractivity contribution in [2.24, 2.45) is 5.73 Å². The normalized spacial score (nSPS) is 11.3. The van der Waals surface area contributed by atoms with Crippen LogP contribution in [0.25, 0.3) is 33.3 Å². The zero-order chi connectivity index (χ0) is 24.4. The molecule has 0 aliphatic rings. The van der Waals surface area contributed by atoms with Crippen molar-refractivity contribution in [2.45, 2.75) is 47.1 Å². The van der Waals surface area contributed by atoms with Gasteiger partial charge in [-0.1, -0.05) is 38.1 Å². The van der Waals surface area contributed by atoms with Gasteiger partial charge >= 0.3 is 0 Å². The van der Waals surface area contributed by atoms with Crippen molar-refractivity contribution in [3.05, 3.63) is 64.2 Å². The number of carbonyl (C=O) groups excluding carboxylic acids is 1.